The summed E-state index contributed by atoms with van der Waals surface area (Å²) in [7, 11) is -3.69. The maximum Gasteiger partial charge on any atom is 0.261 e. The molecule has 0 aliphatic rings. The minimum absolute atomic E-state index is 0.174. The van der Waals surface area contributed by atoms with Gasteiger partial charge in [-0.3, -0.25) is 9.52 Å². The van der Waals surface area contributed by atoms with Gasteiger partial charge in [-0.25, -0.2) is 8.42 Å². The van der Waals surface area contributed by atoms with E-state index in [1.807, 2.05) is 13.0 Å². The lowest BCUT2D eigenvalue weighted by Gasteiger charge is -2.12. The van der Waals surface area contributed by atoms with Gasteiger partial charge in [-0.2, -0.15) is 0 Å². The highest BCUT2D eigenvalue weighted by Crippen LogP contribution is 2.23. The van der Waals surface area contributed by atoms with Crippen LogP contribution >= 0.6 is 11.6 Å². The molecule has 0 saturated carbocycles. The zero-order valence-corrected chi connectivity index (χ0v) is 16.9. The fourth-order valence-electron chi connectivity index (χ4n) is 2.60. The first-order valence-electron chi connectivity index (χ1n) is 8.52. The average molecular weight is 415 g/mol. The van der Waals surface area contributed by atoms with Crippen LogP contribution in [0.3, 0.4) is 0 Å². The van der Waals surface area contributed by atoms with Crippen LogP contribution in [-0.4, -0.2) is 14.3 Å². The van der Waals surface area contributed by atoms with Gasteiger partial charge in [0.2, 0.25) is 0 Å². The Balaban J connectivity index is 1.78. The van der Waals surface area contributed by atoms with Gasteiger partial charge in [0.25, 0.3) is 15.9 Å². The van der Waals surface area contributed by atoms with E-state index in [2.05, 4.69) is 10.0 Å². The van der Waals surface area contributed by atoms with Gasteiger partial charge in [0.15, 0.2) is 0 Å². The van der Waals surface area contributed by atoms with E-state index in [9.17, 15) is 13.2 Å². The highest BCUT2D eigenvalue weighted by atomic mass is 35.5. The SMILES string of the molecule is Cc1ccc(NC(=O)c2ccc(NS(=O)(=O)c3ccccc3)c(C)c2)cc1Cl. The van der Waals surface area contributed by atoms with Crippen molar-refractivity contribution in [2.24, 2.45) is 0 Å². The second-order valence-electron chi connectivity index (χ2n) is 6.37. The van der Waals surface area contributed by atoms with E-state index in [4.69, 9.17) is 11.6 Å². The fraction of sp³-hybridized carbons (Fsp3) is 0.0952. The molecule has 0 spiro atoms. The summed E-state index contributed by atoms with van der Waals surface area (Å²) in [5, 5.41) is 3.35. The van der Waals surface area contributed by atoms with Crippen LogP contribution in [-0.2, 0) is 10.0 Å². The van der Waals surface area contributed by atoms with Gasteiger partial charge in [-0.1, -0.05) is 35.9 Å². The molecule has 144 valence electrons. The van der Waals surface area contributed by atoms with Crippen molar-refractivity contribution in [1.82, 2.24) is 0 Å². The predicted octanol–water partition coefficient (Wildman–Crippen LogP) is 5.01. The van der Waals surface area contributed by atoms with Gasteiger partial charge < -0.3 is 5.32 Å². The zero-order chi connectivity index (χ0) is 20.3. The lowest BCUT2D eigenvalue weighted by molar-refractivity contribution is 0.102. The van der Waals surface area contributed by atoms with Crippen LogP contribution in [0.25, 0.3) is 0 Å². The Kier molecular flexibility index (Phi) is 5.72. The van der Waals surface area contributed by atoms with Crippen LogP contribution < -0.4 is 10.0 Å². The van der Waals surface area contributed by atoms with Crippen LogP contribution in [0.1, 0.15) is 21.5 Å². The molecule has 28 heavy (non-hydrogen) atoms. The molecule has 7 heteroatoms. The van der Waals surface area contributed by atoms with Crippen molar-refractivity contribution in [3.8, 4) is 0 Å². The molecule has 0 heterocycles. The largest absolute Gasteiger partial charge is 0.322 e. The molecule has 0 unspecified atom stereocenters. The lowest BCUT2D eigenvalue weighted by atomic mass is 10.1. The molecule has 3 rings (SSSR count). The molecule has 0 radical (unpaired) electrons. The van der Waals surface area contributed by atoms with E-state index in [0.717, 1.165) is 5.56 Å². The number of rotatable bonds is 5. The number of aryl methyl sites for hydroxylation is 2. The van der Waals surface area contributed by atoms with E-state index in [-0.39, 0.29) is 10.8 Å². The molecule has 0 bridgehead atoms. The first-order valence-corrected chi connectivity index (χ1v) is 10.4. The second kappa shape index (κ2) is 8.04. The Morgan fingerprint density at radius 3 is 2.25 bits per heavy atom. The van der Waals surface area contributed by atoms with E-state index in [0.29, 0.717) is 27.5 Å². The van der Waals surface area contributed by atoms with Crippen molar-refractivity contribution in [1.29, 1.82) is 0 Å². The van der Waals surface area contributed by atoms with Crippen LogP contribution in [0.15, 0.2) is 71.6 Å². The molecule has 2 N–H and O–H groups in total. The number of carbonyl (C=O) groups is 1. The van der Waals surface area contributed by atoms with Crippen LogP contribution in [0.5, 0.6) is 0 Å². The fourth-order valence-corrected chi connectivity index (χ4v) is 3.93. The van der Waals surface area contributed by atoms with Crippen molar-refractivity contribution in [3.63, 3.8) is 0 Å². The number of anilines is 2. The molecule has 1 amide bonds. The standard InChI is InChI=1S/C21H19ClN2O3S/c1-14-8-10-17(13-19(14)22)23-21(25)16-9-11-20(15(2)12-16)24-28(26,27)18-6-4-3-5-7-18/h3-13,24H,1-2H3,(H,23,25). The summed E-state index contributed by atoms with van der Waals surface area (Å²) in [5.74, 6) is -0.305. The molecule has 3 aromatic rings. The van der Waals surface area contributed by atoms with E-state index < -0.39 is 10.0 Å². The highest BCUT2D eigenvalue weighted by molar-refractivity contribution is 7.92. The van der Waals surface area contributed by atoms with Crippen molar-refractivity contribution >= 4 is 38.9 Å². The third kappa shape index (κ3) is 4.52. The van der Waals surface area contributed by atoms with Crippen LogP contribution in [0, 0.1) is 13.8 Å². The predicted molar refractivity (Wildman–Crippen MR) is 113 cm³/mol. The smallest absolute Gasteiger partial charge is 0.261 e. The van der Waals surface area contributed by atoms with Gasteiger partial charge >= 0.3 is 0 Å². The molecule has 0 atom stereocenters. The van der Waals surface area contributed by atoms with Crippen molar-refractivity contribution in [2.75, 3.05) is 10.0 Å². The molecule has 0 aliphatic carbocycles. The van der Waals surface area contributed by atoms with Gasteiger partial charge in [-0.05, 0) is 67.4 Å². The van der Waals surface area contributed by atoms with Gasteiger partial charge in [0, 0.05) is 16.3 Å². The molecule has 0 aromatic heterocycles. The number of hydrogen-bond donors (Lipinski definition) is 2. The Hall–Kier alpha value is -2.83. The number of hydrogen-bond acceptors (Lipinski definition) is 3. The van der Waals surface area contributed by atoms with Crippen molar-refractivity contribution < 1.29 is 13.2 Å². The first kappa shape index (κ1) is 19.9. The number of sulfonamides is 1. The molecule has 5 nitrogen and oxygen atoms in total. The quantitative estimate of drug-likeness (QED) is 0.616. The monoisotopic (exact) mass is 414 g/mol. The van der Waals surface area contributed by atoms with E-state index in [1.54, 1.807) is 55.5 Å². The van der Waals surface area contributed by atoms with Gasteiger partial charge in [-0.15, -0.1) is 0 Å². The Morgan fingerprint density at radius 1 is 0.893 bits per heavy atom. The molecule has 3 aromatic carbocycles. The summed E-state index contributed by atoms with van der Waals surface area (Å²) < 4.78 is 27.5. The molecule has 0 saturated heterocycles. The summed E-state index contributed by atoms with van der Waals surface area (Å²) in [6, 6.07) is 18.2. The van der Waals surface area contributed by atoms with Gasteiger partial charge in [0.1, 0.15) is 0 Å². The lowest BCUT2D eigenvalue weighted by Crippen LogP contribution is -2.15. The number of halogens is 1. The molecule has 0 fully saturated rings. The Labute approximate surface area is 169 Å². The molecular formula is C21H19ClN2O3S. The topological polar surface area (TPSA) is 75.3 Å². The van der Waals surface area contributed by atoms with Crippen molar-refractivity contribution in [3.05, 3.63) is 88.4 Å². The Morgan fingerprint density at radius 2 is 1.61 bits per heavy atom. The molecular weight excluding hydrogens is 396 g/mol. The zero-order valence-electron chi connectivity index (χ0n) is 15.4. The normalized spacial score (nSPS) is 11.1. The number of amides is 1. The number of nitrogens with one attached hydrogen (secondary N) is 2. The van der Waals surface area contributed by atoms with E-state index in [1.165, 1.54) is 12.1 Å². The summed E-state index contributed by atoms with van der Waals surface area (Å²) in [6.45, 7) is 3.62. The third-order valence-electron chi connectivity index (χ3n) is 4.22. The summed E-state index contributed by atoms with van der Waals surface area (Å²) in [6.07, 6.45) is 0. The first-order chi connectivity index (χ1) is 13.3. The second-order valence-corrected chi connectivity index (χ2v) is 8.46. The summed E-state index contributed by atoms with van der Waals surface area (Å²) >= 11 is 6.08. The minimum atomic E-state index is -3.69. The van der Waals surface area contributed by atoms with Crippen LogP contribution in [0.2, 0.25) is 5.02 Å². The minimum Gasteiger partial charge on any atom is -0.322 e. The highest BCUT2D eigenvalue weighted by Gasteiger charge is 2.16. The maximum absolute atomic E-state index is 12.5. The number of benzene rings is 3. The van der Waals surface area contributed by atoms with Gasteiger partial charge in [0.05, 0.1) is 10.6 Å². The van der Waals surface area contributed by atoms with Crippen molar-refractivity contribution in [2.45, 2.75) is 18.7 Å². The summed E-state index contributed by atoms with van der Waals surface area (Å²) in [5.41, 5.74) is 2.97. The van der Waals surface area contributed by atoms with Crippen LogP contribution in [0.4, 0.5) is 11.4 Å². The Bertz CT molecular complexity index is 1130. The van der Waals surface area contributed by atoms with E-state index >= 15 is 0 Å². The number of carbonyl (C=O) groups excluding carboxylic acids is 1. The molecule has 0 aliphatic heterocycles. The maximum atomic E-state index is 12.5. The third-order valence-corrected chi connectivity index (χ3v) is 6.00. The average Bonchev–Trinajstić information content (AvgIpc) is 2.67. The summed E-state index contributed by atoms with van der Waals surface area (Å²) in [4.78, 5) is 12.7.